The molecule has 2 nitrogen and oxygen atoms in total. The smallest absolute Gasteiger partial charge is 0.318 e. The molecule has 25 heavy (non-hydrogen) atoms. The Balaban J connectivity index is 2.30. The van der Waals surface area contributed by atoms with Crippen molar-refractivity contribution in [1.29, 1.82) is 0 Å². The van der Waals surface area contributed by atoms with E-state index in [1.165, 1.54) is 0 Å². The second-order valence-corrected chi connectivity index (χ2v) is 6.45. The van der Waals surface area contributed by atoms with E-state index in [1.54, 1.807) is 0 Å². The number of rotatable bonds is 5. The fraction of sp³-hybridized carbons (Fsp3) is 0.136. The largest absolute Gasteiger partial charge is 0.444 e. The predicted molar refractivity (Wildman–Crippen MR) is 104 cm³/mol. The van der Waals surface area contributed by atoms with Gasteiger partial charge in [-0.15, -0.1) is 0 Å². The number of aryl methyl sites for hydroxylation is 1. The second kappa shape index (κ2) is 7.66. The molecule has 126 valence electrons. The van der Waals surface area contributed by atoms with Gasteiger partial charge < -0.3 is 4.74 Å². The highest BCUT2D eigenvalue weighted by atomic mass is 79.9. The Morgan fingerprint density at radius 1 is 0.800 bits per heavy atom. The van der Waals surface area contributed by atoms with Gasteiger partial charge >= 0.3 is 5.97 Å². The molecule has 0 bridgehead atoms. The Hall–Kier alpha value is -2.39. The van der Waals surface area contributed by atoms with Crippen LogP contribution in [0.3, 0.4) is 0 Å². The summed E-state index contributed by atoms with van der Waals surface area (Å²) in [5.41, 5.74) is 2.93. The van der Waals surface area contributed by atoms with Gasteiger partial charge in [-0.1, -0.05) is 106 Å². The molecule has 3 heteroatoms. The molecule has 0 saturated heterocycles. The lowest BCUT2D eigenvalue weighted by molar-refractivity contribution is -0.149. The third-order valence-corrected chi connectivity index (χ3v) is 4.65. The van der Waals surface area contributed by atoms with Crippen molar-refractivity contribution in [2.24, 2.45) is 0 Å². The molecule has 0 heterocycles. The van der Waals surface area contributed by atoms with Crippen LogP contribution in [-0.2, 0) is 15.1 Å². The first-order valence-corrected chi connectivity index (χ1v) is 9.25. The molecular weight excluding hydrogens is 376 g/mol. The SMILES string of the molecule is Cc1ccc(C(OC(=O)CBr)(c2ccccc2)c2ccccc2)cc1. The number of alkyl halides is 1. The minimum Gasteiger partial charge on any atom is -0.444 e. The van der Waals surface area contributed by atoms with Crippen molar-refractivity contribution >= 4 is 21.9 Å². The highest BCUT2D eigenvalue weighted by molar-refractivity contribution is 9.09. The lowest BCUT2D eigenvalue weighted by atomic mass is 9.80. The highest BCUT2D eigenvalue weighted by Gasteiger charge is 2.40. The Bertz CT molecular complexity index is 787. The maximum absolute atomic E-state index is 12.3. The zero-order valence-electron chi connectivity index (χ0n) is 14.0. The molecule has 0 N–H and O–H groups in total. The third kappa shape index (κ3) is 3.52. The lowest BCUT2D eigenvalue weighted by Crippen LogP contribution is -2.35. The molecule has 3 aromatic rings. The number of carbonyl (C=O) groups excluding carboxylic acids is 1. The standard InChI is InChI=1S/C22H19BrO2/c1-17-12-14-20(15-13-17)22(25-21(24)16-23,18-8-4-2-5-9-18)19-10-6-3-7-11-19/h2-15H,16H2,1H3. The van der Waals surface area contributed by atoms with Crippen LogP contribution in [0.1, 0.15) is 22.3 Å². The highest BCUT2D eigenvalue weighted by Crippen LogP contribution is 2.40. The van der Waals surface area contributed by atoms with Crippen molar-refractivity contribution in [3.8, 4) is 0 Å². The van der Waals surface area contributed by atoms with Gasteiger partial charge in [0.15, 0.2) is 5.60 Å². The van der Waals surface area contributed by atoms with E-state index in [9.17, 15) is 4.79 Å². The van der Waals surface area contributed by atoms with Gasteiger partial charge in [-0.05, 0) is 6.92 Å². The third-order valence-electron chi connectivity index (χ3n) is 4.19. The fourth-order valence-electron chi connectivity index (χ4n) is 3.01. The number of hydrogen-bond acceptors (Lipinski definition) is 2. The lowest BCUT2D eigenvalue weighted by Gasteiger charge is -2.35. The van der Waals surface area contributed by atoms with Crippen LogP contribution in [0.5, 0.6) is 0 Å². The van der Waals surface area contributed by atoms with Crippen molar-refractivity contribution in [2.75, 3.05) is 5.33 Å². The molecule has 0 saturated carbocycles. The van der Waals surface area contributed by atoms with Gasteiger partial charge in [0.1, 0.15) is 5.33 Å². The second-order valence-electron chi connectivity index (χ2n) is 5.89. The summed E-state index contributed by atoms with van der Waals surface area (Å²) in [6.45, 7) is 2.04. The maximum Gasteiger partial charge on any atom is 0.318 e. The molecule has 0 aromatic heterocycles. The predicted octanol–water partition coefficient (Wildman–Crippen LogP) is 5.23. The number of esters is 1. The number of ether oxygens (including phenoxy) is 1. The Labute approximate surface area is 156 Å². The first-order chi connectivity index (χ1) is 12.2. The zero-order chi connectivity index (χ0) is 17.7. The summed E-state index contributed by atoms with van der Waals surface area (Å²) in [5, 5.41) is 0.139. The molecule has 0 atom stereocenters. The minimum atomic E-state index is -0.985. The summed E-state index contributed by atoms with van der Waals surface area (Å²) in [7, 11) is 0. The van der Waals surface area contributed by atoms with Gasteiger partial charge in [0, 0.05) is 16.7 Å². The van der Waals surface area contributed by atoms with Gasteiger partial charge in [-0.3, -0.25) is 4.79 Å². The van der Waals surface area contributed by atoms with E-state index in [4.69, 9.17) is 4.74 Å². The van der Waals surface area contributed by atoms with E-state index in [0.717, 1.165) is 22.3 Å². The van der Waals surface area contributed by atoms with Crippen LogP contribution in [0.15, 0.2) is 84.9 Å². The number of benzene rings is 3. The van der Waals surface area contributed by atoms with E-state index in [2.05, 4.69) is 15.9 Å². The van der Waals surface area contributed by atoms with Crippen LogP contribution >= 0.6 is 15.9 Å². The molecule has 0 spiro atoms. The topological polar surface area (TPSA) is 26.3 Å². The van der Waals surface area contributed by atoms with Gasteiger partial charge in [0.25, 0.3) is 0 Å². The zero-order valence-corrected chi connectivity index (χ0v) is 15.6. The summed E-state index contributed by atoms with van der Waals surface area (Å²) in [4.78, 5) is 12.3. The Kier molecular flexibility index (Phi) is 5.34. The van der Waals surface area contributed by atoms with Crippen LogP contribution in [0.25, 0.3) is 0 Å². The quantitative estimate of drug-likeness (QED) is 0.336. The van der Waals surface area contributed by atoms with Gasteiger partial charge in [-0.2, -0.15) is 0 Å². The van der Waals surface area contributed by atoms with E-state index < -0.39 is 5.60 Å². The van der Waals surface area contributed by atoms with Crippen molar-refractivity contribution < 1.29 is 9.53 Å². The van der Waals surface area contributed by atoms with E-state index in [0.29, 0.717) is 0 Å². The van der Waals surface area contributed by atoms with Crippen LogP contribution < -0.4 is 0 Å². The molecule has 0 radical (unpaired) electrons. The maximum atomic E-state index is 12.3. The Morgan fingerprint density at radius 2 is 1.24 bits per heavy atom. The van der Waals surface area contributed by atoms with Crippen molar-refractivity contribution in [2.45, 2.75) is 12.5 Å². The van der Waals surface area contributed by atoms with Crippen molar-refractivity contribution in [1.82, 2.24) is 0 Å². The average molecular weight is 395 g/mol. The Morgan fingerprint density at radius 3 is 1.68 bits per heavy atom. The first kappa shape index (κ1) is 17.4. The van der Waals surface area contributed by atoms with Crippen LogP contribution in [0.2, 0.25) is 0 Å². The molecule has 0 aliphatic rings. The fourth-order valence-corrected chi connectivity index (χ4v) is 3.12. The molecule has 0 aliphatic carbocycles. The normalized spacial score (nSPS) is 11.1. The number of halogens is 1. The summed E-state index contributed by atoms with van der Waals surface area (Å²) >= 11 is 3.22. The van der Waals surface area contributed by atoms with Crippen LogP contribution in [-0.4, -0.2) is 11.3 Å². The molecule has 0 fully saturated rings. The number of hydrogen-bond donors (Lipinski definition) is 0. The first-order valence-electron chi connectivity index (χ1n) is 8.13. The van der Waals surface area contributed by atoms with Crippen LogP contribution in [0.4, 0.5) is 0 Å². The molecule has 0 amide bonds. The molecule has 0 aliphatic heterocycles. The van der Waals surface area contributed by atoms with Crippen LogP contribution in [0, 0.1) is 6.92 Å². The van der Waals surface area contributed by atoms with Crippen molar-refractivity contribution in [3.05, 3.63) is 107 Å². The molecular formula is C22H19BrO2. The molecule has 0 unspecified atom stereocenters. The summed E-state index contributed by atoms with van der Waals surface area (Å²) in [6, 6.07) is 27.9. The minimum absolute atomic E-state index is 0.139. The van der Waals surface area contributed by atoms with E-state index in [1.807, 2.05) is 91.9 Å². The average Bonchev–Trinajstić information content (AvgIpc) is 2.68. The number of carbonyl (C=O) groups is 1. The monoisotopic (exact) mass is 394 g/mol. The molecule has 3 rings (SSSR count). The summed E-state index contributed by atoms with van der Waals surface area (Å²) in [6.07, 6.45) is 0. The van der Waals surface area contributed by atoms with Crippen molar-refractivity contribution in [3.63, 3.8) is 0 Å². The summed E-state index contributed by atoms with van der Waals surface area (Å²) < 4.78 is 6.10. The summed E-state index contributed by atoms with van der Waals surface area (Å²) in [5.74, 6) is -0.312. The van der Waals surface area contributed by atoms with E-state index >= 15 is 0 Å². The van der Waals surface area contributed by atoms with Gasteiger partial charge in [-0.25, -0.2) is 0 Å². The van der Waals surface area contributed by atoms with Gasteiger partial charge in [0.05, 0.1) is 0 Å². The van der Waals surface area contributed by atoms with E-state index in [-0.39, 0.29) is 11.3 Å². The molecule has 3 aromatic carbocycles. The van der Waals surface area contributed by atoms with Gasteiger partial charge in [0.2, 0.25) is 0 Å².